The average Bonchev–Trinajstić information content (AvgIpc) is 2.99. The number of likely N-dealkylation sites (tertiary alicyclic amines) is 1. The molecule has 4 rings (SSSR count). The van der Waals surface area contributed by atoms with Crippen molar-refractivity contribution in [3.63, 3.8) is 0 Å². The van der Waals surface area contributed by atoms with Gasteiger partial charge in [0.15, 0.2) is 0 Å². The summed E-state index contributed by atoms with van der Waals surface area (Å²) >= 11 is 0. The summed E-state index contributed by atoms with van der Waals surface area (Å²) in [4.78, 5) is 14.7. The van der Waals surface area contributed by atoms with E-state index >= 15 is 0 Å². The van der Waals surface area contributed by atoms with Gasteiger partial charge in [-0.25, -0.2) is 12.8 Å². The number of benzene rings is 2. The lowest BCUT2D eigenvalue weighted by Crippen LogP contribution is -2.43. The highest BCUT2D eigenvalue weighted by Gasteiger charge is 2.39. The van der Waals surface area contributed by atoms with Gasteiger partial charge in [0.25, 0.3) is 5.91 Å². The van der Waals surface area contributed by atoms with Crippen molar-refractivity contribution in [3.05, 3.63) is 59.9 Å². The summed E-state index contributed by atoms with van der Waals surface area (Å²) in [7, 11) is -4.03. The molecule has 1 fully saturated rings. The standard InChI is InChI=1S/C21H22FN3O3S/c22-17-9-7-8-16(14-17)15-25-18-10-3-4-11-19(18)29(27,28)20(23-25)21(26)24-12-5-1-2-6-13-24/h3-4,7-11,14H,1-2,5-6,12-13,15H2. The fourth-order valence-corrected chi connectivity index (χ4v) is 5.19. The van der Waals surface area contributed by atoms with Crippen LogP contribution < -0.4 is 5.01 Å². The van der Waals surface area contributed by atoms with Crippen LogP contribution in [0.1, 0.15) is 31.2 Å². The van der Waals surface area contributed by atoms with E-state index in [9.17, 15) is 17.6 Å². The number of halogens is 1. The molecule has 2 aromatic rings. The number of carbonyl (C=O) groups excluding carboxylic acids is 1. The smallest absolute Gasteiger partial charge is 0.286 e. The molecule has 0 unspecified atom stereocenters. The Morgan fingerprint density at radius 2 is 1.72 bits per heavy atom. The lowest BCUT2D eigenvalue weighted by molar-refractivity contribution is -0.123. The third-order valence-corrected chi connectivity index (χ3v) is 6.89. The zero-order valence-corrected chi connectivity index (χ0v) is 16.7. The van der Waals surface area contributed by atoms with Crippen LogP contribution in [0.25, 0.3) is 0 Å². The number of hydrazone groups is 1. The fraction of sp³-hybridized carbons (Fsp3) is 0.333. The Labute approximate surface area is 169 Å². The number of para-hydroxylation sites is 1. The van der Waals surface area contributed by atoms with Crippen molar-refractivity contribution in [1.29, 1.82) is 0 Å². The lowest BCUT2D eigenvalue weighted by Gasteiger charge is -2.29. The number of amides is 1. The van der Waals surface area contributed by atoms with Gasteiger partial charge in [-0.1, -0.05) is 37.1 Å². The molecule has 6 nitrogen and oxygen atoms in total. The van der Waals surface area contributed by atoms with E-state index in [2.05, 4.69) is 5.10 Å². The number of anilines is 1. The van der Waals surface area contributed by atoms with Crippen LogP contribution in [0.3, 0.4) is 0 Å². The zero-order chi connectivity index (χ0) is 20.4. The molecular formula is C21H22FN3O3S. The normalized spacial score (nSPS) is 18.6. The highest BCUT2D eigenvalue weighted by atomic mass is 32.2. The summed E-state index contributed by atoms with van der Waals surface area (Å²) in [5.74, 6) is -0.948. The molecule has 0 bridgehead atoms. The minimum absolute atomic E-state index is 0.0459. The van der Waals surface area contributed by atoms with Crippen molar-refractivity contribution in [2.24, 2.45) is 5.10 Å². The van der Waals surface area contributed by atoms with Gasteiger partial charge in [0.1, 0.15) is 5.82 Å². The molecule has 29 heavy (non-hydrogen) atoms. The van der Waals surface area contributed by atoms with Gasteiger partial charge in [-0.05, 0) is 42.7 Å². The van der Waals surface area contributed by atoms with E-state index in [0.29, 0.717) is 24.3 Å². The molecule has 0 aromatic heterocycles. The zero-order valence-electron chi connectivity index (χ0n) is 15.9. The summed E-state index contributed by atoms with van der Waals surface area (Å²) in [6.45, 7) is 1.21. The molecule has 0 aliphatic carbocycles. The van der Waals surface area contributed by atoms with Crippen LogP contribution in [0.2, 0.25) is 0 Å². The van der Waals surface area contributed by atoms with Crippen LogP contribution in [0, 0.1) is 5.82 Å². The predicted molar refractivity (Wildman–Crippen MR) is 109 cm³/mol. The maximum absolute atomic E-state index is 13.6. The van der Waals surface area contributed by atoms with E-state index in [-0.39, 0.29) is 17.3 Å². The van der Waals surface area contributed by atoms with Gasteiger partial charge >= 0.3 is 0 Å². The Morgan fingerprint density at radius 1 is 1.00 bits per heavy atom. The summed E-state index contributed by atoms with van der Waals surface area (Å²) < 4.78 is 39.9. The summed E-state index contributed by atoms with van der Waals surface area (Å²) in [5.41, 5.74) is 1.01. The molecule has 2 aliphatic heterocycles. The SMILES string of the molecule is O=C(C1=NN(Cc2cccc(F)c2)c2ccccc2S1(=O)=O)N1CCCCCC1. The van der Waals surface area contributed by atoms with E-state index in [1.165, 1.54) is 23.2 Å². The number of fused-ring (bicyclic) bond motifs is 1. The number of sulfone groups is 1. The van der Waals surface area contributed by atoms with Crippen molar-refractivity contribution in [3.8, 4) is 0 Å². The van der Waals surface area contributed by atoms with Gasteiger partial charge in [-0.15, -0.1) is 0 Å². The fourth-order valence-electron chi connectivity index (χ4n) is 3.71. The molecule has 0 spiro atoms. The van der Waals surface area contributed by atoms with Crippen LogP contribution in [0.15, 0.2) is 58.5 Å². The monoisotopic (exact) mass is 415 g/mol. The van der Waals surface area contributed by atoms with E-state index in [4.69, 9.17) is 0 Å². The topological polar surface area (TPSA) is 70.0 Å². The molecule has 0 radical (unpaired) electrons. The van der Waals surface area contributed by atoms with Crippen LogP contribution in [0.4, 0.5) is 10.1 Å². The molecule has 152 valence electrons. The Hall–Kier alpha value is -2.74. The molecule has 1 saturated heterocycles. The van der Waals surface area contributed by atoms with Crippen LogP contribution >= 0.6 is 0 Å². The summed E-state index contributed by atoms with van der Waals surface area (Å²) in [6, 6.07) is 12.5. The maximum Gasteiger partial charge on any atom is 0.286 e. The first-order valence-electron chi connectivity index (χ1n) is 9.71. The molecular weight excluding hydrogens is 393 g/mol. The Balaban J connectivity index is 1.75. The van der Waals surface area contributed by atoms with E-state index < -0.39 is 20.8 Å². The number of carbonyl (C=O) groups is 1. The van der Waals surface area contributed by atoms with Gasteiger partial charge in [0.2, 0.25) is 14.9 Å². The highest BCUT2D eigenvalue weighted by molar-refractivity contribution is 8.08. The number of rotatable bonds is 3. The van der Waals surface area contributed by atoms with Crippen molar-refractivity contribution in [1.82, 2.24) is 4.90 Å². The second kappa shape index (κ2) is 7.94. The number of hydrogen-bond acceptors (Lipinski definition) is 5. The summed E-state index contributed by atoms with van der Waals surface area (Å²) in [6.07, 6.45) is 3.75. The Kier molecular flexibility index (Phi) is 5.36. The predicted octanol–water partition coefficient (Wildman–Crippen LogP) is 3.34. The molecule has 1 amide bonds. The minimum Gasteiger partial charge on any atom is -0.337 e. The van der Waals surface area contributed by atoms with Crippen LogP contribution in [-0.2, 0) is 21.2 Å². The third-order valence-electron chi connectivity index (χ3n) is 5.20. The number of hydrogen-bond donors (Lipinski definition) is 0. The third kappa shape index (κ3) is 3.89. The maximum atomic E-state index is 13.6. The second-order valence-corrected chi connectivity index (χ2v) is 9.10. The first kappa shape index (κ1) is 19.6. The van der Waals surface area contributed by atoms with E-state index in [1.54, 1.807) is 35.2 Å². The molecule has 0 N–H and O–H groups in total. The first-order valence-corrected chi connectivity index (χ1v) is 11.2. The lowest BCUT2D eigenvalue weighted by atomic mass is 10.2. The van der Waals surface area contributed by atoms with Crippen LogP contribution in [-0.4, -0.2) is 37.4 Å². The largest absolute Gasteiger partial charge is 0.337 e. The molecule has 2 heterocycles. The second-order valence-electron chi connectivity index (χ2n) is 7.27. The van der Waals surface area contributed by atoms with E-state index in [1.807, 2.05) is 0 Å². The van der Waals surface area contributed by atoms with Crippen molar-refractivity contribution < 1.29 is 17.6 Å². The Bertz CT molecular complexity index is 1060. The van der Waals surface area contributed by atoms with E-state index in [0.717, 1.165) is 25.7 Å². The van der Waals surface area contributed by atoms with Gasteiger partial charge in [0, 0.05) is 13.1 Å². The van der Waals surface area contributed by atoms with Gasteiger partial charge in [0.05, 0.1) is 17.1 Å². The van der Waals surface area contributed by atoms with Crippen molar-refractivity contribution >= 4 is 26.5 Å². The molecule has 2 aliphatic rings. The minimum atomic E-state index is -4.03. The quantitative estimate of drug-likeness (QED) is 0.771. The Morgan fingerprint density at radius 3 is 2.45 bits per heavy atom. The van der Waals surface area contributed by atoms with Gasteiger partial charge < -0.3 is 4.90 Å². The van der Waals surface area contributed by atoms with Gasteiger partial charge in [-0.2, -0.15) is 5.10 Å². The summed E-state index contributed by atoms with van der Waals surface area (Å²) in [5, 5.41) is 5.26. The molecule has 0 saturated carbocycles. The highest BCUT2D eigenvalue weighted by Crippen LogP contribution is 2.33. The first-order chi connectivity index (χ1) is 14.0. The molecule has 0 atom stereocenters. The van der Waals surface area contributed by atoms with Crippen LogP contribution in [0.5, 0.6) is 0 Å². The van der Waals surface area contributed by atoms with Crippen molar-refractivity contribution in [2.45, 2.75) is 37.1 Å². The average molecular weight is 415 g/mol. The molecule has 2 aromatic carbocycles. The number of nitrogens with zero attached hydrogens (tertiary/aromatic N) is 3. The molecule has 8 heteroatoms. The van der Waals surface area contributed by atoms with Gasteiger partial charge in [-0.3, -0.25) is 9.80 Å². The van der Waals surface area contributed by atoms with Crippen molar-refractivity contribution in [2.75, 3.05) is 18.1 Å².